The average molecular weight is 487 g/mol. The summed E-state index contributed by atoms with van der Waals surface area (Å²) in [6.45, 7) is 0.185. The van der Waals surface area contributed by atoms with Crippen molar-refractivity contribution < 1.29 is 0 Å². The van der Waals surface area contributed by atoms with Crippen molar-refractivity contribution in [3.8, 4) is 22.5 Å². The van der Waals surface area contributed by atoms with E-state index in [2.05, 4.69) is 40.4 Å². The van der Waals surface area contributed by atoms with E-state index < -0.39 is 0 Å². The van der Waals surface area contributed by atoms with Crippen LogP contribution in [0.15, 0.2) is 66.0 Å². The van der Waals surface area contributed by atoms with E-state index in [9.17, 15) is 0 Å². The number of hydrogen-bond acceptors (Lipinski definition) is 7. The van der Waals surface area contributed by atoms with Crippen molar-refractivity contribution in [3.63, 3.8) is 0 Å². The molecule has 0 atom stereocenters. The molecule has 32 heavy (non-hydrogen) atoms. The lowest BCUT2D eigenvalue weighted by Crippen LogP contribution is -1.93. The van der Waals surface area contributed by atoms with Crippen LogP contribution >= 0.6 is 34.8 Å². The summed E-state index contributed by atoms with van der Waals surface area (Å²) in [6, 6.07) is 14.4. The predicted molar refractivity (Wildman–Crippen MR) is 123 cm³/mol. The third-order valence-corrected chi connectivity index (χ3v) is 4.82. The molecule has 0 aromatic carbocycles. The maximum atomic E-state index is 8.18. The standard InChI is InChI=1S/C10H7Cl2N3.C10H7ClN6/c11-6-7-3-4-9(15-14-7)8-2-1-5-13-10(8)12;11-10-8(2-1-5-13-10)9-4-3-7(15-16-9)6-14-17-12/h1-5H,6H2;1-5H,6H2. The first-order valence-electron chi connectivity index (χ1n) is 9.06. The van der Waals surface area contributed by atoms with Gasteiger partial charge in [-0.3, -0.25) is 0 Å². The second kappa shape index (κ2) is 11.9. The molecule has 0 N–H and O–H groups in total. The van der Waals surface area contributed by atoms with Gasteiger partial charge in [-0.1, -0.05) is 28.3 Å². The van der Waals surface area contributed by atoms with E-state index in [0.717, 1.165) is 16.8 Å². The highest BCUT2D eigenvalue weighted by atomic mass is 35.5. The number of rotatable bonds is 5. The number of alkyl halides is 1. The molecule has 4 aromatic heterocycles. The third-order valence-electron chi connectivity index (χ3n) is 3.94. The van der Waals surface area contributed by atoms with E-state index in [1.54, 1.807) is 36.7 Å². The van der Waals surface area contributed by atoms with Crippen LogP contribution in [0.4, 0.5) is 0 Å². The van der Waals surface area contributed by atoms with Crippen molar-refractivity contribution in [2.75, 3.05) is 0 Å². The smallest absolute Gasteiger partial charge is 0.138 e. The summed E-state index contributed by atoms with van der Waals surface area (Å²) >= 11 is 17.5. The van der Waals surface area contributed by atoms with Crippen molar-refractivity contribution in [1.29, 1.82) is 0 Å². The van der Waals surface area contributed by atoms with Crippen LogP contribution in [0.5, 0.6) is 0 Å². The molecule has 0 spiro atoms. The lowest BCUT2D eigenvalue weighted by molar-refractivity contribution is 0.895. The summed E-state index contributed by atoms with van der Waals surface area (Å²) in [5, 5.41) is 20.1. The van der Waals surface area contributed by atoms with E-state index in [1.165, 1.54) is 0 Å². The van der Waals surface area contributed by atoms with Gasteiger partial charge < -0.3 is 0 Å². The Morgan fingerprint density at radius 2 is 1.28 bits per heavy atom. The van der Waals surface area contributed by atoms with Crippen LogP contribution in [-0.4, -0.2) is 30.4 Å². The Bertz CT molecular complexity index is 1210. The van der Waals surface area contributed by atoms with E-state index in [-0.39, 0.29) is 6.54 Å². The second-order valence-electron chi connectivity index (χ2n) is 6.03. The fourth-order valence-electron chi connectivity index (χ4n) is 2.42. The molecule has 0 amide bonds. The molecule has 0 unspecified atom stereocenters. The Labute approximate surface area is 198 Å². The molecule has 4 rings (SSSR count). The monoisotopic (exact) mass is 485 g/mol. The van der Waals surface area contributed by atoms with Gasteiger partial charge >= 0.3 is 0 Å². The molecule has 160 valence electrons. The number of halogens is 3. The largest absolute Gasteiger partial charge is 0.244 e. The Morgan fingerprint density at radius 1 is 0.750 bits per heavy atom. The van der Waals surface area contributed by atoms with Gasteiger partial charge in [0.05, 0.1) is 35.2 Å². The molecule has 12 heteroatoms. The van der Waals surface area contributed by atoms with Crippen molar-refractivity contribution in [1.82, 2.24) is 30.4 Å². The van der Waals surface area contributed by atoms with E-state index >= 15 is 0 Å². The fraction of sp³-hybridized carbons (Fsp3) is 0.100. The Hall–Kier alpha value is -3.36. The first-order valence-corrected chi connectivity index (χ1v) is 10.3. The van der Waals surface area contributed by atoms with Crippen LogP contribution < -0.4 is 0 Å². The lowest BCUT2D eigenvalue weighted by atomic mass is 10.2. The van der Waals surface area contributed by atoms with Crippen molar-refractivity contribution >= 4 is 34.8 Å². The minimum atomic E-state index is 0.185. The van der Waals surface area contributed by atoms with Gasteiger partial charge in [-0.25, -0.2) is 9.97 Å². The minimum Gasteiger partial charge on any atom is -0.244 e. The lowest BCUT2D eigenvalue weighted by Gasteiger charge is -2.01. The van der Waals surface area contributed by atoms with Gasteiger partial charge in [-0.2, -0.15) is 20.4 Å². The van der Waals surface area contributed by atoms with Gasteiger partial charge in [0, 0.05) is 28.4 Å². The van der Waals surface area contributed by atoms with Crippen LogP contribution in [0, 0.1) is 0 Å². The van der Waals surface area contributed by atoms with Crippen molar-refractivity contribution in [3.05, 3.63) is 93.1 Å². The van der Waals surface area contributed by atoms with Gasteiger partial charge in [0.25, 0.3) is 0 Å². The zero-order valence-electron chi connectivity index (χ0n) is 16.3. The van der Waals surface area contributed by atoms with E-state index in [0.29, 0.717) is 33.3 Å². The molecule has 4 heterocycles. The van der Waals surface area contributed by atoms with Gasteiger partial charge in [-0.05, 0) is 54.1 Å². The van der Waals surface area contributed by atoms with Crippen LogP contribution in [-0.2, 0) is 12.4 Å². The normalized spacial score (nSPS) is 9.97. The molecule has 0 fully saturated rings. The van der Waals surface area contributed by atoms with Crippen LogP contribution in [0.3, 0.4) is 0 Å². The molecule has 0 aliphatic carbocycles. The molecule has 0 radical (unpaired) electrons. The van der Waals surface area contributed by atoms with Gasteiger partial charge in [0.1, 0.15) is 10.3 Å². The van der Waals surface area contributed by atoms with Gasteiger partial charge in [0.2, 0.25) is 0 Å². The molecule has 0 aliphatic rings. The Kier molecular flexibility index (Phi) is 8.65. The summed E-state index contributed by atoms with van der Waals surface area (Å²) in [7, 11) is 0. The fourth-order valence-corrected chi connectivity index (χ4v) is 3.00. The SMILES string of the molecule is ClCc1ccc(-c2cccnc2Cl)nn1.[N-]=[N+]=NCc1ccc(-c2cccnc2Cl)nn1. The van der Waals surface area contributed by atoms with E-state index in [4.69, 9.17) is 40.3 Å². The quantitative estimate of drug-likeness (QED) is 0.113. The summed E-state index contributed by atoms with van der Waals surface area (Å²) < 4.78 is 0. The number of aromatic nitrogens is 6. The van der Waals surface area contributed by atoms with Crippen LogP contribution in [0.1, 0.15) is 11.4 Å². The highest BCUT2D eigenvalue weighted by Gasteiger charge is 2.06. The molecule has 9 nitrogen and oxygen atoms in total. The maximum absolute atomic E-state index is 8.18. The Balaban J connectivity index is 0.000000182. The van der Waals surface area contributed by atoms with Crippen molar-refractivity contribution in [2.45, 2.75) is 12.4 Å². The molecule has 0 saturated heterocycles. The average Bonchev–Trinajstić information content (AvgIpc) is 2.84. The maximum Gasteiger partial charge on any atom is 0.138 e. The number of hydrogen-bond donors (Lipinski definition) is 0. The van der Waals surface area contributed by atoms with Gasteiger partial charge in [0.15, 0.2) is 0 Å². The first-order chi connectivity index (χ1) is 15.6. The first kappa shape index (κ1) is 23.3. The summed E-state index contributed by atoms with van der Waals surface area (Å²) in [6.07, 6.45) is 3.24. The zero-order chi connectivity index (χ0) is 22.8. The number of azide groups is 1. The van der Waals surface area contributed by atoms with Crippen molar-refractivity contribution in [2.24, 2.45) is 5.11 Å². The molecular weight excluding hydrogens is 473 g/mol. The summed E-state index contributed by atoms with van der Waals surface area (Å²) in [5.41, 5.74) is 12.3. The summed E-state index contributed by atoms with van der Waals surface area (Å²) in [4.78, 5) is 10.6. The molecule has 0 bridgehead atoms. The molecule has 4 aromatic rings. The zero-order valence-corrected chi connectivity index (χ0v) is 18.6. The van der Waals surface area contributed by atoms with Gasteiger partial charge in [-0.15, -0.1) is 11.6 Å². The second-order valence-corrected chi connectivity index (χ2v) is 7.01. The molecule has 0 saturated carbocycles. The number of nitrogens with zero attached hydrogens (tertiary/aromatic N) is 9. The topological polar surface area (TPSA) is 126 Å². The van der Waals surface area contributed by atoms with Crippen LogP contribution in [0.2, 0.25) is 10.3 Å². The predicted octanol–water partition coefficient (Wildman–Crippen LogP) is 5.93. The molecule has 0 aliphatic heterocycles. The number of pyridine rings is 2. The highest BCUT2D eigenvalue weighted by Crippen LogP contribution is 2.24. The highest BCUT2D eigenvalue weighted by molar-refractivity contribution is 6.32. The Morgan fingerprint density at radius 3 is 1.69 bits per heavy atom. The van der Waals surface area contributed by atoms with Crippen LogP contribution in [0.25, 0.3) is 33.0 Å². The summed E-state index contributed by atoms with van der Waals surface area (Å²) in [5.74, 6) is 0.355. The third kappa shape index (κ3) is 6.32. The minimum absolute atomic E-state index is 0.185. The molecular formula is C20H14Cl3N9. The van der Waals surface area contributed by atoms with E-state index in [1.807, 2.05) is 24.3 Å².